The van der Waals surface area contributed by atoms with Gasteiger partial charge in [0.15, 0.2) is 0 Å². The number of phenols is 1. The fourth-order valence-electron chi connectivity index (χ4n) is 2.66. The monoisotopic (exact) mass is 319 g/mol. The van der Waals surface area contributed by atoms with Crippen molar-refractivity contribution in [2.75, 3.05) is 13.2 Å². The maximum absolute atomic E-state index is 10.7. The second-order valence-electron chi connectivity index (χ2n) is 5.93. The zero-order valence-corrected chi connectivity index (χ0v) is 14.1. The summed E-state index contributed by atoms with van der Waals surface area (Å²) >= 11 is 0. The first-order chi connectivity index (χ1) is 10.8. The number of phenolic OH excluding ortho intramolecular Hbond substituents is 1. The van der Waals surface area contributed by atoms with Crippen molar-refractivity contribution in [3.8, 4) is 11.5 Å². The Labute approximate surface area is 136 Å². The maximum Gasteiger partial charge on any atom is 0.120 e. The Hall–Kier alpha value is -1.98. The van der Waals surface area contributed by atoms with Crippen LogP contribution in [0.4, 0.5) is 0 Å². The molecule has 23 heavy (non-hydrogen) atoms. The van der Waals surface area contributed by atoms with Gasteiger partial charge in [-0.05, 0) is 52.0 Å². The van der Waals surface area contributed by atoms with E-state index in [9.17, 15) is 10.2 Å². The predicted octanol–water partition coefficient (Wildman–Crippen LogP) is 3.00. The minimum atomic E-state index is -1.05. The van der Waals surface area contributed by atoms with Gasteiger partial charge in [0.25, 0.3) is 0 Å². The average Bonchev–Trinajstić information content (AvgIpc) is 2.82. The molecule has 0 saturated carbocycles. The molecule has 1 aromatic carbocycles. The largest absolute Gasteiger partial charge is 0.508 e. The standard InChI is InChI=1S/C18H25NO4/c1-5-22-15-6-7-17(20)14(9-15)10-19-11-18(4,21)16-8-12(2)23-13(16)3/h6-9,19-21H,5,10-11H2,1-4H3. The Morgan fingerprint density at radius 3 is 2.61 bits per heavy atom. The highest BCUT2D eigenvalue weighted by molar-refractivity contribution is 5.39. The molecule has 0 amide bonds. The quantitative estimate of drug-likeness (QED) is 0.731. The van der Waals surface area contributed by atoms with Gasteiger partial charge in [-0.3, -0.25) is 0 Å². The number of rotatable bonds is 7. The summed E-state index contributed by atoms with van der Waals surface area (Å²) in [6, 6.07) is 7.00. The van der Waals surface area contributed by atoms with E-state index in [1.54, 1.807) is 25.1 Å². The lowest BCUT2D eigenvalue weighted by Gasteiger charge is -2.23. The number of hydrogen-bond donors (Lipinski definition) is 3. The number of aliphatic hydroxyl groups is 1. The molecular formula is C18H25NO4. The van der Waals surface area contributed by atoms with Gasteiger partial charge in [-0.1, -0.05) is 0 Å². The summed E-state index contributed by atoms with van der Waals surface area (Å²) in [6.45, 7) is 8.70. The van der Waals surface area contributed by atoms with Gasteiger partial charge in [-0.2, -0.15) is 0 Å². The van der Waals surface area contributed by atoms with Gasteiger partial charge in [0.1, 0.15) is 28.6 Å². The molecule has 0 aliphatic carbocycles. The number of nitrogens with one attached hydrogen (secondary N) is 1. The Balaban J connectivity index is 2.01. The molecule has 0 spiro atoms. The molecule has 0 radical (unpaired) electrons. The van der Waals surface area contributed by atoms with Crippen LogP contribution in [-0.4, -0.2) is 23.4 Å². The molecule has 126 valence electrons. The van der Waals surface area contributed by atoms with Crippen molar-refractivity contribution in [2.24, 2.45) is 0 Å². The van der Waals surface area contributed by atoms with Crippen LogP contribution in [0.15, 0.2) is 28.7 Å². The lowest BCUT2D eigenvalue weighted by Crippen LogP contribution is -2.35. The molecule has 1 unspecified atom stereocenters. The number of hydrogen-bond acceptors (Lipinski definition) is 5. The first-order valence-corrected chi connectivity index (χ1v) is 7.78. The maximum atomic E-state index is 10.7. The van der Waals surface area contributed by atoms with Gasteiger partial charge in [-0.25, -0.2) is 0 Å². The molecular weight excluding hydrogens is 294 g/mol. The third-order valence-corrected chi connectivity index (χ3v) is 3.77. The fraction of sp³-hybridized carbons (Fsp3) is 0.444. The van der Waals surface area contributed by atoms with Crippen LogP contribution in [0.5, 0.6) is 11.5 Å². The van der Waals surface area contributed by atoms with Crippen LogP contribution in [0.25, 0.3) is 0 Å². The number of benzene rings is 1. The Morgan fingerprint density at radius 1 is 1.26 bits per heavy atom. The molecule has 1 heterocycles. The summed E-state index contributed by atoms with van der Waals surface area (Å²) in [4.78, 5) is 0. The fourth-order valence-corrected chi connectivity index (χ4v) is 2.66. The van der Waals surface area contributed by atoms with E-state index in [0.717, 1.165) is 28.4 Å². The highest BCUT2D eigenvalue weighted by Gasteiger charge is 2.27. The van der Waals surface area contributed by atoms with Crippen LogP contribution >= 0.6 is 0 Å². The molecule has 1 atom stereocenters. The average molecular weight is 319 g/mol. The topological polar surface area (TPSA) is 74.9 Å². The van der Waals surface area contributed by atoms with Crippen molar-refractivity contribution < 1.29 is 19.4 Å². The summed E-state index contributed by atoms with van der Waals surface area (Å²) in [6.07, 6.45) is 0. The lowest BCUT2D eigenvalue weighted by atomic mass is 9.96. The van der Waals surface area contributed by atoms with Gasteiger partial charge in [-0.15, -0.1) is 0 Å². The first kappa shape index (κ1) is 17.4. The molecule has 0 aliphatic rings. The zero-order valence-electron chi connectivity index (χ0n) is 14.1. The van der Waals surface area contributed by atoms with Crippen molar-refractivity contribution >= 4 is 0 Å². The zero-order chi connectivity index (χ0) is 17.0. The molecule has 5 nitrogen and oxygen atoms in total. The Morgan fingerprint density at radius 2 is 2.00 bits per heavy atom. The normalized spacial score (nSPS) is 13.8. The predicted molar refractivity (Wildman–Crippen MR) is 88.7 cm³/mol. The van der Waals surface area contributed by atoms with Gasteiger partial charge >= 0.3 is 0 Å². The molecule has 2 rings (SSSR count). The van der Waals surface area contributed by atoms with Crippen molar-refractivity contribution in [1.29, 1.82) is 0 Å². The van der Waals surface area contributed by atoms with E-state index in [0.29, 0.717) is 19.7 Å². The molecule has 0 aliphatic heterocycles. The van der Waals surface area contributed by atoms with Crippen molar-refractivity contribution in [3.63, 3.8) is 0 Å². The second kappa shape index (κ2) is 7.06. The highest BCUT2D eigenvalue weighted by Crippen LogP contribution is 2.27. The summed E-state index contributed by atoms with van der Waals surface area (Å²) in [5.41, 5.74) is 0.455. The first-order valence-electron chi connectivity index (χ1n) is 7.78. The molecule has 3 N–H and O–H groups in total. The van der Waals surface area contributed by atoms with Crippen LogP contribution in [0.1, 0.15) is 36.5 Å². The van der Waals surface area contributed by atoms with E-state index in [2.05, 4.69) is 5.32 Å². The summed E-state index contributed by atoms with van der Waals surface area (Å²) < 4.78 is 10.9. The van der Waals surface area contributed by atoms with E-state index in [1.165, 1.54) is 0 Å². The number of furan rings is 1. The summed E-state index contributed by atoms with van der Waals surface area (Å²) in [5, 5.41) is 23.8. The van der Waals surface area contributed by atoms with Gasteiger partial charge < -0.3 is 24.7 Å². The van der Waals surface area contributed by atoms with E-state index >= 15 is 0 Å². The van der Waals surface area contributed by atoms with Crippen LogP contribution in [0, 0.1) is 13.8 Å². The smallest absolute Gasteiger partial charge is 0.120 e. The third-order valence-electron chi connectivity index (χ3n) is 3.77. The van der Waals surface area contributed by atoms with Crippen LogP contribution < -0.4 is 10.1 Å². The minimum absolute atomic E-state index is 0.205. The van der Waals surface area contributed by atoms with Gasteiger partial charge in [0, 0.05) is 24.2 Å². The Kier molecular flexibility index (Phi) is 5.34. The van der Waals surface area contributed by atoms with Gasteiger partial charge in [0.05, 0.1) is 6.61 Å². The molecule has 0 fully saturated rings. The molecule has 1 aromatic heterocycles. The SMILES string of the molecule is CCOc1ccc(O)c(CNCC(C)(O)c2cc(C)oc2C)c1. The van der Waals surface area contributed by atoms with Crippen molar-refractivity contribution in [2.45, 2.75) is 39.8 Å². The van der Waals surface area contributed by atoms with E-state index in [4.69, 9.17) is 9.15 Å². The van der Waals surface area contributed by atoms with Crippen molar-refractivity contribution in [1.82, 2.24) is 5.32 Å². The third kappa shape index (κ3) is 4.27. The number of aryl methyl sites for hydroxylation is 2. The Bertz CT molecular complexity index is 661. The summed E-state index contributed by atoms with van der Waals surface area (Å²) in [5.74, 6) is 2.42. The molecule has 2 aromatic rings. The molecule has 5 heteroatoms. The van der Waals surface area contributed by atoms with E-state index in [1.807, 2.05) is 26.8 Å². The second-order valence-corrected chi connectivity index (χ2v) is 5.93. The van der Waals surface area contributed by atoms with Crippen molar-refractivity contribution in [3.05, 3.63) is 46.9 Å². The van der Waals surface area contributed by atoms with Crippen LogP contribution in [0.2, 0.25) is 0 Å². The highest BCUT2D eigenvalue weighted by atomic mass is 16.5. The lowest BCUT2D eigenvalue weighted by molar-refractivity contribution is 0.0551. The summed E-state index contributed by atoms with van der Waals surface area (Å²) in [7, 11) is 0. The molecule has 0 saturated heterocycles. The van der Waals surface area contributed by atoms with Crippen LogP contribution in [0.3, 0.4) is 0 Å². The van der Waals surface area contributed by atoms with E-state index in [-0.39, 0.29) is 5.75 Å². The van der Waals surface area contributed by atoms with E-state index < -0.39 is 5.60 Å². The number of ether oxygens (including phenoxy) is 1. The number of aromatic hydroxyl groups is 1. The minimum Gasteiger partial charge on any atom is -0.508 e. The van der Waals surface area contributed by atoms with Crippen LogP contribution in [-0.2, 0) is 12.1 Å². The molecule has 0 bridgehead atoms. The van der Waals surface area contributed by atoms with Gasteiger partial charge in [0.2, 0.25) is 0 Å².